The van der Waals surface area contributed by atoms with E-state index in [1.807, 2.05) is 11.1 Å². The number of aromatic nitrogens is 1. The summed E-state index contributed by atoms with van der Waals surface area (Å²) in [5.74, 6) is 0.376. The largest absolute Gasteiger partial charge is 0.453 e. The first kappa shape index (κ1) is 12.0. The first-order valence-corrected chi connectivity index (χ1v) is 6.99. The number of amides is 1. The lowest BCUT2D eigenvalue weighted by Crippen LogP contribution is -2.39. The molecule has 1 aromatic heterocycles. The standard InChI is InChI=1S/C13H15BrN2O2/c1-18-13(17)16-5-4-10-11(16)3-2-8-6-9(14)7-15-12(8)10/h6-7,10-11H,2-5H2,1H3/t10-,11-/m1/s1. The van der Waals surface area contributed by atoms with Crippen LogP contribution in [0.25, 0.3) is 0 Å². The molecule has 1 aliphatic carbocycles. The van der Waals surface area contributed by atoms with Gasteiger partial charge in [-0.25, -0.2) is 4.79 Å². The van der Waals surface area contributed by atoms with Gasteiger partial charge in [0.25, 0.3) is 0 Å². The molecule has 1 amide bonds. The molecule has 0 aromatic carbocycles. The number of hydrogen-bond acceptors (Lipinski definition) is 3. The molecule has 0 spiro atoms. The number of methoxy groups -OCH3 is 1. The summed E-state index contributed by atoms with van der Waals surface area (Å²) < 4.78 is 5.88. The first-order valence-electron chi connectivity index (χ1n) is 6.19. The molecule has 1 aliphatic heterocycles. The van der Waals surface area contributed by atoms with Gasteiger partial charge in [-0.1, -0.05) is 0 Å². The number of likely N-dealkylation sites (tertiary alicyclic amines) is 1. The molecule has 2 atom stereocenters. The minimum absolute atomic E-state index is 0.205. The quantitative estimate of drug-likeness (QED) is 0.740. The van der Waals surface area contributed by atoms with Gasteiger partial charge in [0.2, 0.25) is 0 Å². The average molecular weight is 311 g/mol. The average Bonchev–Trinajstić information content (AvgIpc) is 2.81. The van der Waals surface area contributed by atoms with Crippen molar-refractivity contribution in [3.63, 3.8) is 0 Å². The van der Waals surface area contributed by atoms with Gasteiger partial charge < -0.3 is 9.64 Å². The monoisotopic (exact) mass is 310 g/mol. The highest BCUT2D eigenvalue weighted by atomic mass is 79.9. The molecule has 96 valence electrons. The summed E-state index contributed by atoms with van der Waals surface area (Å²) in [5, 5.41) is 0. The van der Waals surface area contributed by atoms with Gasteiger partial charge in [-0.15, -0.1) is 0 Å². The van der Waals surface area contributed by atoms with Crippen molar-refractivity contribution in [2.75, 3.05) is 13.7 Å². The molecule has 0 saturated carbocycles. The van der Waals surface area contributed by atoms with Crippen LogP contribution in [0.4, 0.5) is 4.79 Å². The van der Waals surface area contributed by atoms with E-state index in [-0.39, 0.29) is 12.1 Å². The summed E-state index contributed by atoms with van der Waals surface area (Å²) in [6.07, 6.45) is 4.62. The number of aryl methyl sites for hydroxylation is 1. The minimum Gasteiger partial charge on any atom is -0.453 e. The van der Waals surface area contributed by atoms with E-state index in [4.69, 9.17) is 4.74 Å². The molecule has 0 radical (unpaired) electrons. The third kappa shape index (κ3) is 1.81. The summed E-state index contributed by atoms with van der Waals surface area (Å²) in [6.45, 7) is 0.777. The van der Waals surface area contributed by atoms with Crippen molar-refractivity contribution < 1.29 is 9.53 Å². The SMILES string of the molecule is COC(=O)N1CC[C@H]2c3ncc(Br)cc3CC[C@H]21. The van der Waals surface area contributed by atoms with Crippen LogP contribution < -0.4 is 0 Å². The van der Waals surface area contributed by atoms with Crippen LogP contribution in [-0.2, 0) is 11.2 Å². The van der Waals surface area contributed by atoms with E-state index in [0.29, 0.717) is 5.92 Å². The predicted molar refractivity (Wildman–Crippen MR) is 70.5 cm³/mol. The van der Waals surface area contributed by atoms with E-state index in [9.17, 15) is 4.79 Å². The second-order valence-electron chi connectivity index (χ2n) is 4.86. The van der Waals surface area contributed by atoms with Crippen LogP contribution in [0.1, 0.15) is 30.0 Å². The van der Waals surface area contributed by atoms with E-state index in [2.05, 4.69) is 27.0 Å². The lowest BCUT2D eigenvalue weighted by atomic mass is 9.83. The Hall–Kier alpha value is -1.10. The highest BCUT2D eigenvalue weighted by Crippen LogP contribution is 2.41. The molecular formula is C13H15BrN2O2. The van der Waals surface area contributed by atoms with Gasteiger partial charge in [0.1, 0.15) is 0 Å². The lowest BCUT2D eigenvalue weighted by molar-refractivity contribution is 0.114. The molecule has 0 unspecified atom stereocenters. The van der Waals surface area contributed by atoms with E-state index in [1.54, 1.807) is 0 Å². The summed E-state index contributed by atoms with van der Waals surface area (Å²) in [5.41, 5.74) is 2.48. The van der Waals surface area contributed by atoms with Gasteiger partial charge >= 0.3 is 6.09 Å². The fourth-order valence-electron chi connectivity index (χ4n) is 3.20. The van der Waals surface area contributed by atoms with Crippen molar-refractivity contribution in [3.8, 4) is 0 Å². The fraction of sp³-hybridized carbons (Fsp3) is 0.538. The zero-order valence-electron chi connectivity index (χ0n) is 10.2. The third-order valence-corrected chi connectivity index (χ3v) is 4.42. The maximum Gasteiger partial charge on any atom is 0.409 e. The van der Waals surface area contributed by atoms with Gasteiger partial charge in [0, 0.05) is 34.9 Å². The smallest absolute Gasteiger partial charge is 0.409 e. The molecule has 4 nitrogen and oxygen atoms in total. The summed E-state index contributed by atoms with van der Waals surface area (Å²) in [4.78, 5) is 18.1. The van der Waals surface area contributed by atoms with Gasteiger partial charge in [0.15, 0.2) is 0 Å². The van der Waals surface area contributed by atoms with E-state index in [1.165, 1.54) is 18.4 Å². The van der Waals surface area contributed by atoms with Crippen LogP contribution in [0, 0.1) is 0 Å². The Bertz CT molecular complexity index is 492. The van der Waals surface area contributed by atoms with Gasteiger partial charge in [0.05, 0.1) is 7.11 Å². The first-order chi connectivity index (χ1) is 8.70. The molecule has 1 saturated heterocycles. The zero-order valence-corrected chi connectivity index (χ0v) is 11.8. The second-order valence-corrected chi connectivity index (χ2v) is 5.78. The van der Waals surface area contributed by atoms with Crippen molar-refractivity contribution in [1.29, 1.82) is 0 Å². The Balaban J connectivity index is 1.91. The number of fused-ring (bicyclic) bond motifs is 3. The molecule has 18 heavy (non-hydrogen) atoms. The third-order valence-electron chi connectivity index (χ3n) is 3.98. The molecule has 5 heteroatoms. The number of pyridine rings is 1. The van der Waals surface area contributed by atoms with Crippen LogP contribution in [0.5, 0.6) is 0 Å². The fourth-order valence-corrected chi connectivity index (χ4v) is 3.58. The summed E-state index contributed by atoms with van der Waals surface area (Å²) >= 11 is 3.46. The number of halogens is 1. The number of ether oxygens (including phenoxy) is 1. The highest BCUT2D eigenvalue weighted by molar-refractivity contribution is 9.10. The van der Waals surface area contributed by atoms with Crippen LogP contribution in [0.2, 0.25) is 0 Å². The molecule has 2 heterocycles. The Labute approximate surface area is 114 Å². The van der Waals surface area contributed by atoms with Crippen LogP contribution in [-0.4, -0.2) is 35.7 Å². The van der Waals surface area contributed by atoms with Crippen LogP contribution in [0.3, 0.4) is 0 Å². The lowest BCUT2D eigenvalue weighted by Gasteiger charge is -2.31. The van der Waals surface area contributed by atoms with E-state index in [0.717, 1.165) is 30.3 Å². The molecule has 1 aromatic rings. The summed E-state index contributed by atoms with van der Waals surface area (Å²) in [6, 6.07) is 2.41. The maximum atomic E-state index is 11.7. The number of carbonyl (C=O) groups is 1. The topological polar surface area (TPSA) is 42.4 Å². The number of hydrogen-bond donors (Lipinski definition) is 0. The molecule has 1 fully saturated rings. The number of nitrogens with zero attached hydrogens (tertiary/aromatic N) is 2. The zero-order chi connectivity index (χ0) is 12.7. The second kappa shape index (κ2) is 4.53. The van der Waals surface area contributed by atoms with Crippen LogP contribution >= 0.6 is 15.9 Å². The van der Waals surface area contributed by atoms with Crippen molar-refractivity contribution in [3.05, 3.63) is 28.0 Å². The Kier molecular flexibility index (Phi) is 3.01. The number of rotatable bonds is 0. The van der Waals surface area contributed by atoms with E-state index < -0.39 is 0 Å². The molecular weight excluding hydrogens is 296 g/mol. The molecule has 0 bridgehead atoms. The predicted octanol–water partition coefficient (Wildman–Crippen LogP) is 2.71. The van der Waals surface area contributed by atoms with Crippen LogP contribution in [0.15, 0.2) is 16.7 Å². The molecule has 3 rings (SSSR count). The normalized spacial score (nSPS) is 25.6. The summed E-state index contributed by atoms with van der Waals surface area (Å²) in [7, 11) is 1.45. The molecule has 0 N–H and O–H groups in total. The number of carbonyl (C=O) groups excluding carboxylic acids is 1. The minimum atomic E-state index is -0.205. The Morgan fingerprint density at radius 1 is 1.56 bits per heavy atom. The van der Waals surface area contributed by atoms with Gasteiger partial charge in [-0.05, 0) is 46.8 Å². The highest BCUT2D eigenvalue weighted by Gasteiger charge is 2.42. The van der Waals surface area contributed by atoms with Gasteiger partial charge in [-0.3, -0.25) is 4.98 Å². The van der Waals surface area contributed by atoms with Crippen molar-refractivity contribution in [1.82, 2.24) is 9.88 Å². The van der Waals surface area contributed by atoms with E-state index >= 15 is 0 Å². The van der Waals surface area contributed by atoms with Gasteiger partial charge in [-0.2, -0.15) is 0 Å². The van der Waals surface area contributed by atoms with Crippen molar-refractivity contribution in [2.45, 2.75) is 31.2 Å². The Morgan fingerprint density at radius 3 is 3.17 bits per heavy atom. The van der Waals surface area contributed by atoms with Crippen molar-refractivity contribution >= 4 is 22.0 Å². The Morgan fingerprint density at radius 2 is 2.39 bits per heavy atom. The maximum absolute atomic E-state index is 11.7. The van der Waals surface area contributed by atoms with Crippen molar-refractivity contribution in [2.24, 2.45) is 0 Å². The molecule has 2 aliphatic rings.